The Labute approximate surface area is 75.3 Å². The molecule has 2 N–H and O–H groups in total. The average Bonchev–Trinajstić information content (AvgIpc) is 2.09. The van der Waals surface area contributed by atoms with E-state index < -0.39 is 17.2 Å². The Morgan fingerprint density at radius 2 is 1.85 bits per heavy atom. The summed E-state index contributed by atoms with van der Waals surface area (Å²) in [7, 11) is 0. The Hall–Kier alpha value is -1.00. The molecule has 0 fully saturated rings. The summed E-state index contributed by atoms with van der Waals surface area (Å²) in [6, 6.07) is 3.55. The molecule has 2 nitrogen and oxygen atoms in total. The van der Waals surface area contributed by atoms with Crippen molar-refractivity contribution in [2.75, 3.05) is 0 Å². The van der Waals surface area contributed by atoms with Gasteiger partial charge in [0.2, 0.25) is 0 Å². The summed E-state index contributed by atoms with van der Waals surface area (Å²) in [5, 5.41) is 0. The zero-order valence-electron chi connectivity index (χ0n) is 7.47. The van der Waals surface area contributed by atoms with Crippen LogP contribution in [0.5, 0.6) is 0 Å². The fourth-order valence-electron chi connectivity index (χ4n) is 0.939. The van der Waals surface area contributed by atoms with Crippen LogP contribution >= 0.6 is 0 Å². The highest BCUT2D eigenvalue weighted by Gasteiger charge is 2.21. The third-order valence-corrected chi connectivity index (χ3v) is 1.91. The second-order valence-corrected chi connectivity index (χ2v) is 3.26. The number of benzene rings is 1. The van der Waals surface area contributed by atoms with Crippen molar-refractivity contribution in [3.05, 3.63) is 35.4 Å². The summed E-state index contributed by atoms with van der Waals surface area (Å²) in [4.78, 5) is 4.63. The Morgan fingerprint density at radius 3 is 2.31 bits per heavy atom. The van der Waals surface area contributed by atoms with E-state index in [2.05, 4.69) is 4.84 Å². The van der Waals surface area contributed by atoms with Crippen molar-refractivity contribution in [1.82, 2.24) is 0 Å². The van der Waals surface area contributed by atoms with Gasteiger partial charge in [-0.3, -0.25) is 4.84 Å². The van der Waals surface area contributed by atoms with Gasteiger partial charge in [-0.1, -0.05) is 6.07 Å². The van der Waals surface area contributed by atoms with E-state index >= 15 is 0 Å². The molecule has 0 aliphatic heterocycles. The molecular weight excluding hydrogens is 176 g/mol. The largest absolute Gasteiger partial charge is 0.294 e. The molecular formula is C9H11F2NO. The van der Waals surface area contributed by atoms with Gasteiger partial charge in [0, 0.05) is 0 Å². The van der Waals surface area contributed by atoms with E-state index in [0.29, 0.717) is 5.56 Å². The molecule has 0 aliphatic carbocycles. The van der Waals surface area contributed by atoms with Crippen LogP contribution in [0.4, 0.5) is 8.78 Å². The third-order valence-electron chi connectivity index (χ3n) is 1.91. The highest BCUT2D eigenvalue weighted by molar-refractivity contribution is 5.22. The zero-order chi connectivity index (χ0) is 10.1. The molecule has 0 aromatic heterocycles. The monoisotopic (exact) mass is 187 g/mol. The van der Waals surface area contributed by atoms with E-state index in [9.17, 15) is 8.78 Å². The molecule has 0 saturated heterocycles. The first-order chi connectivity index (χ1) is 5.97. The summed E-state index contributed by atoms with van der Waals surface area (Å²) >= 11 is 0. The Balaban J connectivity index is 3.10. The second kappa shape index (κ2) is 3.40. The second-order valence-electron chi connectivity index (χ2n) is 3.26. The first-order valence-electron chi connectivity index (χ1n) is 3.81. The van der Waals surface area contributed by atoms with Gasteiger partial charge in [0.15, 0.2) is 11.6 Å². The van der Waals surface area contributed by atoms with Crippen molar-refractivity contribution in [2.45, 2.75) is 19.4 Å². The standard InChI is InChI=1S/C9H11F2NO/c1-9(2,13-12)6-3-4-7(10)8(11)5-6/h3-5H,12H2,1-2H3. The van der Waals surface area contributed by atoms with Crippen LogP contribution in [0.2, 0.25) is 0 Å². The van der Waals surface area contributed by atoms with Gasteiger partial charge in [0.25, 0.3) is 0 Å². The van der Waals surface area contributed by atoms with Crippen molar-refractivity contribution in [1.29, 1.82) is 0 Å². The van der Waals surface area contributed by atoms with Gasteiger partial charge in [-0.2, -0.15) is 0 Å². The lowest BCUT2D eigenvalue weighted by atomic mass is 9.98. The van der Waals surface area contributed by atoms with Gasteiger partial charge in [-0.15, -0.1) is 0 Å². The number of hydrogen-bond donors (Lipinski definition) is 1. The van der Waals surface area contributed by atoms with E-state index in [1.54, 1.807) is 13.8 Å². The SMILES string of the molecule is CC(C)(ON)c1ccc(F)c(F)c1. The number of hydrogen-bond acceptors (Lipinski definition) is 2. The van der Waals surface area contributed by atoms with Gasteiger partial charge < -0.3 is 0 Å². The fourth-order valence-corrected chi connectivity index (χ4v) is 0.939. The number of rotatable bonds is 2. The quantitative estimate of drug-likeness (QED) is 0.719. The molecule has 0 bridgehead atoms. The molecule has 0 heterocycles. The smallest absolute Gasteiger partial charge is 0.159 e. The molecule has 72 valence electrons. The molecule has 0 amide bonds. The Kier molecular flexibility index (Phi) is 2.63. The van der Waals surface area contributed by atoms with Crippen molar-refractivity contribution in [2.24, 2.45) is 5.90 Å². The van der Waals surface area contributed by atoms with Gasteiger partial charge in [-0.05, 0) is 31.5 Å². The fraction of sp³-hybridized carbons (Fsp3) is 0.333. The van der Waals surface area contributed by atoms with E-state index in [-0.39, 0.29) is 0 Å². The lowest BCUT2D eigenvalue weighted by Crippen LogP contribution is -2.25. The van der Waals surface area contributed by atoms with E-state index in [1.165, 1.54) is 6.07 Å². The lowest BCUT2D eigenvalue weighted by Gasteiger charge is -2.22. The molecule has 0 saturated carbocycles. The van der Waals surface area contributed by atoms with Crippen LogP contribution in [0.3, 0.4) is 0 Å². The van der Waals surface area contributed by atoms with Gasteiger partial charge in [0.05, 0.1) is 0 Å². The summed E-state index contributed by atoms with van der Waals surface area (Å²) in [6.45, 7) is 3.33. The van der Waals surface area contributed by atoms with Gasteiger partial charge in [-0.25, -0.2) is 14.7 Å². The van der Waals surface area contributed by atoms with E-state index in [4.69, 9.17) is 5.90 Å². The molecule has 4 heteroatoms. The van der Waals surface area contributed by atoms with Crippen LogP contribution < -0.4 is 5.90 Å². The van der Waals surface area contributed by atoms with Crippen LogP contribution in [0, 0.1) is 11.6 Å². The topological polar surface area (TPSA) is 35.2 Å². The predicted molar refractivity (Wildman–Crippen MR) is 44.7 cm³/mol. The van der Waals surface area contributed by atoms with Crippen molar-refractivity contribution >= 4 is 0 Å². The maximum atomic E-state index is 12.8. The summed E-state index contributed by atoms with van der Waals surface area (Å²) in [5.74, 6) is 3.23. The van der Waals surface area contributed by atoms with Crippen molar-refractivity contribution in [3.63, 3.8) is 0 Å². The minimum absolute atomic E-state index is 0.494. The minimum atomic E-state index is -0.900. The van der Waals surface area contributed by atoms with Crippen LogP contribution in [-0.2, 0) is 10.4 Å². The molecule has 1 rings (SSSR count). The molecule has 0 aliphatic rings. The van der Waals surface area contributed by atoms with Crippen LogP contribution in [0.1, 0.15) is 19.4 Å². The zero-order valence-corrected chi connectivity index (χ0v) is 7.47. The van der Waals surface area contributed by atoms with Crippen LogP contribution in [0.15, 0.2) is 18.2 Å². The summed E-state index contributed by atoms with van der Waals surface area (Å²) < 4.78 is 25.3. The predicted octanol–water partition coefficient (Wildman–Crippen LogP) is 2.09. The maximum Gasteiger partial charge on any atom is 0.159 e. The molecule has 0 spiro atoms. The van der Waals surface area contributed by atoms with Crippen LogP contribution in [0.25, 0.3) is 0 Å². The molecule has 0 radical (unpaired) electrons. The number of halogens is 2. The summed E-state index contributed by atoms with van der Waals surface area (Å²) in [6.07, 6.45) is 0. The van der Waals surface area contributed by atoms with E-state index in [0.717, 1.165) is 12.1 Å². The van der Waals surface area contributed by atoms with Gasteiger partial charge >= 0.3 is 0 Å². The normalized spacial score (nSPS) is 11.8. The highest BCUT2D eigenvalue weighted by atomic mass is 19.2. The van der Waals surface area contributed by atoms with Crippen molar-refractivity contribution in [3.8, 4) is 0 Å². The molecule has 13 heavy (non-hydrogen) atoms. The molecule has 1 aromatic carbocycles. The summed E-state index contributed by atoms with van der Waals surface area (Å²) in [5.41, 5.74) is -0.317. The van der Waals surface area contributed by atoms with Gasteiger partial charge in [0.1, 0.15) is 5.60 Å². The van der Waals surface area contributed by atoms with Crippen molar-refractivity contribution < 1.29 is 13.6 Å². The van der Waals surface area contributed by atoms with Crippen LogP contribution in [-0.4, -0.2) is 0 Å². The molecule has 0 unspecified atom stereocenters. The molecule has 1 aromatic rings. The lowest BCUT2D eigenvalue weighted by molar-refractivity contribution is -0.0238. The highest BCUT2D eigenvalue weighted by Crippen LogP contribution is 2.23. The Morgan fingerprint density at radius 1 is 1.23 bits per heavy atom. The Bertz CT molecular complexity index is 312. The number of nitrogens with two attached hydrogens (primary N) is 1. The molecule has 0 atom stereocenters. The first kappa shape index (κ1) is 10.1. The third kappa shape index (κ3) is 2.02. The first-order valence-corrected chi connectivity index (χ1v) is 3.81. The van der Waals surface area contributed by atoms with E-state index in [1.807, 2.05) is 0 Å². The maximum absolute atomic E-state index is 12.8. The minimum Gasteiger partial charge on any atom is -0.294 e. The average molecular weight is 187 g/mol.